The quantitative estimate of drug-likeness (QED) is 0.430. The first-order chi connectivity index (χ1) is 14.6. The maximum absolute atomic E-state index is 14.0. The summed E-state index contributed by atoms with van der Waals surface area (Å²) in [4.78, 5) is 4.32. The molecule has 2 heterocycles. The molecule has 0 fully saturated rings. The van der Waals surface area contributed by atoms with Crippen LogP contribution in [0.25, 0.3) is 16.3 Å². The van der Waals surface area contributed by atoms with Crippen LogP contribution in [-0.4, -0.2) is 29.6 Å². The molecule has 0 amide bonds. The molecule has 4 aromatic rings. The third kappa shape index (κ3) is 4.45. The summed E-state index contributed by atoms with van der Waals surface area (Å²) in [7, 11) is -4.13. The highest BCUT2D eigenvalue weighted by molar-refractivity contribution is 7.89. The van der Waals surface area contributed by atoms with E-state index >= 15 is 0 Å². The van der Waals surface area contributed by atoms with Crippen LogP contribution in [0.4, 0.5) is 17.6 Å². The maximum Gasteiger partial charge on any atom is 0.416 e. The average Bonchev–Trinajstić information content (AvgIpc) is 3.29. The van der Waals surface area contributed by atoms with Gasteiger partial charge in [-0.25, -0.2) is 22.0 Å². The van der Waals surface area contributed by atoms with E-state index in [0.29, 0.717) is 16.7 Å². The van der Waals surface area contributed by atoms with Crippen molar-refractivity contribution in [1.29, 1.82) is 0 Å². The van der Waals surface area contributed by atoms with Gasteiger partial charge in [-0.3, -0.25) is 0 Å². The summed E-state index contributed by atoms with van der Waals surface area (Å²) in [6.45, 7) is -0.0701. The van der Waals surface area contributed by atoms with Crippen LogP contribution >= 0.6 is 11.3 Å². The maximum atomic E-state index is 14.0. The molecule has 0 aliphatic carbocycles. The monoisotopic (exact) mass is 470 g/mol. The van der Waals surface area contributed by atoms with Crippen molar-refractivity contribution in [2.75, 3.05) is 6.54 Å². The van der Waals surface area contributed by atoms with Gasteiger partial charge in [-0.05, 0) is 30.3 Å². The van der Waals surface area contributed by atoms with Gasteiger partial charge in [-0.1, -0.05) is 18.2 Å². The number of rotatable bonds is 6. The van der Waals surface area contributed by atoms with Crippen LogP contribution in [-0.2, 0) is 22.6 Å². The molecule has 2 aromatic heterocycles. The van der Waals surface area contributed by atoms with Crippen LogP contribution in [0.1, 0.15) is 11.3 Å². The number of nitrogens with one attached hydrogen (secondary N) is 1. The van der Waals surface area contributed by atoms with Crippen molar-refractivity contribution in [2.45, 2.75) is 17.5 Å². The summed E-state index contributed by atoms with van der Waals surface area (Å²) in [5.74, 6) is -0.258. The lowest BCUT2D eigenvalue weighted by molar-refractivity contribution is -0.137. The fourth-order valence-electron chi connectivity index (χ4n) is 2.89. The Hall–Kier alpha value is -2.83. The Kier molecular flexibility index (Phi) is 5.54. The zero-order valence-corrected chi connectivity index (χ0v) is 17.2. The van der Waals surface area contributed by atoms with Crippen molar-refractivity contribution in [1.82, 2.24) is 19.3 Å². The Morgan fingerprint density at radius 3 is 2.61 bits per heavy atom. The molecule has 0 radical (unpaired) electrons. The Balaban J connectivity index is 1.49. The second-order valence-electron chi connectivity index (χ2n) is 6.51. The summed E-state index contributed by atoms with van der Waals surface area (Å²) in [6, 6.07) is 9.60. The van der Waals surface area contributed by atoms with Crippen molar-refractivity contribution < 1.29 is 26.0 Å². The van der Waals surface area contributed by atoms with E-state index in [1.54, 1.807) is 23.6 Å². The minimum Gasteiger partial charge on any atom is -0.211 e. The summed E-state index contributed by atoms with van der Waals surface area (Å²) in [5.41, 5.74) is -0.172. The fraction of sp³-hybridized carbons (Fsp3) is 0.158. The Morgan fingerprint density at radius 1 is 1.10 bits per heavy atom. The first kappa shape index (κ1) is 21.4. The molecule has 4 rings (SSSR count). The van der Waals surface area contributed by atoms with Crippen LogP contribution in [0, 0.1) is 5.82 Å². The molecule has 0 bridgehead atoms. The lowest BCUT2D eigenvalue weighted by atomic mass is 10.2. The molecule has 0 aliphatic rings. The molecule has 162 valence electrons. The second kappa shape index (κ2) is 8.02. The zero-order chi connectivity index (χ0) is 22.2. The van der Waals surface area contributed by atoms with Crippen molar-refractivity contribution in [2.24, 2.45) is 0 Å². The molecule has 2 aromatic carbocycles. The summed E-state index contributed by atoms with van der Waals surface area (Å²) >= 11 is 1.26. The molecule has 0 saturated heterocycles. The molecule has 1 N–H and O–H groups in total. The third-order valence-corrected chi connectivity index (χ3v) is 6.73. The number of fused-ring (bicyclic) bond motifs is 1. The lowest BCUT2D eigenvalue weighted by Gasteiger charge is -2.10. The minimum atomic E-state index is -4.64. The molecule has 31 heavy (non-hydrogen) atoms. The van der Waals surface area contributed by atoms with E-state index in [-0.39, 0.29) is 24.4 Å². The van der Waals surface area contributed by atoms with Gasteiger partial charge in [0.1, 0.15) is 5.82 Å². The predicted molar refractivity (Wildman–Crippen MR) is 107 cm³/mol. The number of aromatic nitrogens is 3. The Bertz CT molecular complexity index is 1350. The summed E-state index contributed by atoms with van der Waals surface area (Å²) in [6.07, 6.45) is -4.44. The van der Waals surface area contributed by atoms with Crippen LogP contribution in [0.3, 0.4) is 0 Å². The normalized spacial score (nSPS) is 12.5. The lowest BCUT2D eigenvalue weighted by Crippen LogP contribution is -2.26. The van der Waals surface area contributed by atoms with Crippen molar-refractivity contribution in [3.8, 4) is 11.4 Å². The van der Waals surface area contributed by atoms with Gasteiger partial charge >= 0.3 is 6.18 Å². The smallest absolute Gasteiger partial charge is 0.211 e. The van der Waals surface area contributed by atoms with Crippen LogP contribution in [0.5, 0.6) is 0 Å². The first-order valence-electron chi connectivity index (χ1n) is 8.90. The van der Waals surface area contributed by atoms with E-state index in [0.717, 1.165) is 18.2 Å². The molecule has 0 saturated carbocycles. The minimum absolute atomic E-state index is 0.0701. The van der Waals surface area contributed by atoms with Crippen LogP contribution in [0.15, 0.2) is 58.8 Å². The number of sulfonamides is 1. The fourth-order valence-corrected chi connectivity index (χ4v) is 4.82. The highest BCUT2D eigenvalue weighted by Crippen LogP contribution is 2.30. The predicted octanol–water partition coefficient (Wildman–Crippen LogP) is 4.14. The van der Waals surface area contributed by atoms with E-state index in [1.807, 2.05) is 0 Å². The first-order valence-corrected chi connectivity index (χ1v) is 11.3. The van der Waals surface area contributed by atoms with Crippen molar-refractivity contribution in [3.05, 3.63) is 71.0 Å². The number of benzene rings is 2. The largest absolute Gasteiger partial charge is 0.416 e. The molecular weight excluding hydrogens is 456 g/mol. The number of alkyl halides is 3. The van der Waals surface area contributed by atoms with Crippen LogP contribution in [0.2, 0.25) is 0 Å². The molecule has 0 spiro atoms. The van der Waals surface area contributed by atoms with E-state index < -0.39 is 32.5 Å². The average molecular weight is 470 g/mol. The highest BCUT2D eigenvalue weighted by Gasteiger charge is 2.31. The zero-order valence-electron chi connectivity index (χ0n) is 15.6. The van der Waals surface area contributed by atoms with E-state index in [2.05, 4.69) is 14.8 Å². The van der Waals surface area contributed by atoms with Gasteiger partial charge in [0.25, 0.3) is 0 Å². The highest BCUT2D eigenvalue weighted by atomic mass is 32.2. The van der Waals surface area contributed by atoms with Crippen LogP contribution < -0.4 is 4.72 Å². The number of thiazole rings is 1. The number of hydrogen-bond donors (Lipinski definition) is 1. The third-order valence-electron chi connectivity index (χ3n) is 4.41. The molecule has 0 unspecified atom stereocenters. The van der Waals surface area contributed by atoms with Gasteiger partial charge in [0.05, 0.1) is 21.7 Å². The van der Waals surface area contributed by atoms with E-state index in [4.69, 9.17) is 0 Å². The Labute approximate surface area is 178 Å². The number of halogens is 4. The molecule has 0 atom stereocenters. The second-order valence-corrected chi connectivity index (χ2v) is 9.11. The summed E-state index contributed by atoms with van der Waals surface area (Å²) < 4.78 is 81.0. The van der Waals surface area contributed by atoms with Crippen molar-refractivity contribution >= 4 is 26.3 Å². The van der Waals surface area contributed by atoms with E-state index in [9.17, 15) is 26.0 Å². The van der Waals surface area contributed by atoms with Gasteiger partial charge in [0, 0.05) is 18.3 Å². The summed E-state index contributed by atoms with van der Waals surface area (Å²) in [5, 5.41) is 6.02. The van der Waals surface area contributed by atoms with Gasteiger partial charge in [0.2, 0.25) is 15.0 Å². The number of hydrogen-bond acceptors (Lipinski definition) is 5. The standard InChI is InChI=1S/C19H14F4N4O2S2/c20-16-7-2-1-6-15(16)17-25-18-27(26-17)13(11-30-18)8-9-24-31(28,29)14-5-3-4-12(10-14)19(21,22)23/h1-7,10-11,24H,8-9H2. The van der Waals surface area contributed by atoms with E-state index in [1.165, 1.54) is 21.9 Å². The molecule has 0 aliphatic heterocycles. The molecule has 6 nitrogen and oxygen atoms in total. The topological polar surface area (TPSA) is 76.4 Å². The van der Waals surface area contributed by atoms with Crippen molar-refractivity contribution in [3.63, 3.8) is 0 Å². The van der Waals surface area contributed by atoms with Gasteiger partial charge in [0.15, 0.2) is 5.82 Å². The Morgan fingerprint density at radius 2 is 1.87 bits per heavy atom. The van der Waals surface area contributed by atoms with Gasteiger partial charge < -0.3 is 0 Å². The molecule has 12 heteroatoms. The van der Waals surface area contributed by atoms with Gasteiger partial charge in [-0.2, -0.15) is 18.2 Å². The SMILES string of the molecule is O=S(=O)(NCCc1csc2nc(-c3ccccc3F)nn12)c1cccc(C(F)(F)F)c1. The molecular formula is C19H14F4N4O2S2. The van der Waals surface area contributed by atoms with Gasteiger partial charge in [-0.15, -0.1) is 16.4 Å². The number of nitrogens with zero attached hydrogens (tertiary/aromatic N) is 3.